The number of fused-ring (bicyclic) bond motifs is 1. The monoisotopic (exact) mass is 286 g/mol. The van der Waals surface area contributed by atoms with Gasteiger partial charge in [-0.15, -0.1) is 0 Å². The maximum absolute atomic E-state index is 12.0. The van der Waals surface area contributed by atoms with Crippen molar-refractivity contribution in [2.75, 3.05) is 23.4 Å². The minimum Gasteiger partial charge on any atom is -0.454 e. The minimum absolute atomic E-state index is 0.0924. The third-order valence-corrected chi connectivity index (χ3v) is 4.39. The molecule has 2 N–H and O–H groups in total. The van der Waals surface area contributed by atoms with Crippen molar-refractivity contribution in [2.24, 2.45) is 5.73 Å². The van der Waals surface area contributed by atoms with Gasteiger partial charge in [-0.2, -0.15) is 0 Å². The molecule has 0 unspecified atom stereocenters. The van der Waals surface area contributed by atoms with E-state index in [9.17, 15) is 13.2 Å². The topological polar surface area (TPSA) is 98.9 Å². The fourth-order valence-electron chi connectivity index (χ4n) is 1.69. The van der Waals surface area contributed by atoms with E-state index in [1.54, 1.807) is 12.1 Å². The Balaban J connectivity index is 2.41. The number of carbonyl (C=O) groups is 1. The van der Waals surface area contributed by atoms with Crippen LogP contribution in [-0.4, -0.2) is 33.4 Å². The van der Waals surface area contributed by atoms with Crippen LogP contribution < -0.4 is 19.5 Å². The van der Waals surface area contributed by atoms with Gasteiger partial charge in [0.2, 0.25) is 22.7 Å². The van der Waals surface area contributed by atoms with E-state index in [2.05, 4.69) is 0 Å². The number of sulfonamides is 1. The number of hydrogen-bond acceptors (Lipinski definition) is 5. The van der Waals surface area contributed by atoms with E-state index in [0.717, 1.165) is 4.31 Å². The molecule has 2 rings (SSSR count). The molecule has 0 spiro atoms. The standard InChI is InChI=1S/C11H14N2O5S/c1-2-19(15,16)13(6-11(12)14)8-3-4-9-10(5-8)18-7-17-9/h3-5H,2,6-7H2,1H3,(H2,12,14). The van der Waals surface area contributed by atoms with Gasteiger partial charge in [0.05, 0.1) is 11.4 Å². The number of nitrogens with zero attached hydrogens (tertiary/aromatic N) is 1. The van der Waals surface area contributed by atoms with Crippen LogP contribution in [0.25, 0.3) is 0 Å². The third-order valence-electron chi connectivity index (χ3n) is 2.64. The molecular weight excluding hydrogens is 272 g/mol. The van der Waals surface area contributed by atoms with E-state index in [1.165, 1.54) is 13.0 Å². The van der Waals surface area contributed by atoms with E-state index >= 15 is 0 Å². The maximum Gasteiger partial charge on any atom is 0.238 e. The van der Waals surface area contributed by atoms with Gasteiger partial charge in [-0.1, -0.05) is 0 Å². The minimum atomic E-state index is -3.59. The van der Waals surface area contributed by atoms with Crippen molar-refractivity contribution in [3.8, 4) is 11.5 Å². The Hall–Kier alpha value is -1.96. The van der Waals surface area contributed by atoms with Crippen LogP contribution in [0.1, 0.15) is 6.92 Å². The second-order valence-electron chi connectivity index (χ2n) is 3.91. The molecule has 1 amide bonds. The molecule has 1 aliphatic rings. The lowest BCUT2D eigenvalue weighted by atomic mass is 10.3. The summed E-state index contributed by atoms with van der Waals surface area (Å²) in [5, 5.41) is 0. The molecule has 1 aromatic rings. The van der Waals surface area contributed by atoms with Crippen molar-refractivity contribution >= 4 is 21.6 Å². The molecular formula is C11H14N2O5S. The highest BCUT2D eigenvalue weighted by Gasteiger charge is 2.24. The normalized spacial score (nSPS) is 13.3. The van der Waals surface area contributed by atoms with E-state index in [0.29, 0.717) is 17.2 Å². The van der Waals surface area contributed by atoms with Crippen LogP contribution in [-0.2, 0) is 14.8 Å². The van der Waals surface area contributed by atoms with Gasteiger partial charge in [0.15, 0.2) is 11.5 Å². The predicted molar refractivity (Wildman–Crippen MR) is 68.6 cm³/mol. The first-order valence-electron chi connectivity index (χ1n) is 5.62. The second kappa shape index (κ2) is 4.96. The second-order valence-corrected chi connectivity index (χ2v) is 6.09. The molecule has 0 aromatic heterocycles. The molecule has 1 heterocycles. The first kappa shape index (κ1) is 13.5. The van der Waals surface area contributed by atoms with Gasteiger partial charge in [-0.05, 0) is 19.1 Å². The summed E-state index contributed by atoms with van der Waals surface area (Å²) in [5.41, 5.74) is 5.42. The average Bonchev–Trinajstić information content (AvgIpc) is 2.82. The zero-order valence-electron chi connectivity index (χ0n) is 10.3. The summed E-state index contributed by atoms with van der Waals surface area (Å²) >= 11 is 0. The highest BCUT2D eigenvalue weighted by molar-refractivity contribution is 7.92. The SMILES string of the molecule is CCS(=O)(=O)N(CC(N)=O)c1ccc2c(c1)OCO2. The summed E-state index contributed by atoms with van der Waals surface area (Å²) in [7, 11) is -3.59. The predicted octanol–water partition coefficient (Wildman–Crippen LogP) is 0.0567. The molecule has 0 saturated heterocycles. The Morgan fingerprint density at radius 1 is 1.37 bits per heavy atom. The molecule has 8 heteroatoms. The summed E-state index contributed by atoms with van der Waals surface area (Å²) in [6.07, 6.45) is 0. The molecule has 19 heavy (non-hydrogen) atoms. The molecule has 1 aromatic carbocycles. The first-order valence-corrected chi connectivity index (χ1v) is 7.23. The number of carbonyl (C=O) groups excluding carboxylic acids is 1. The number of amides is 1. The summed E-state index contributed by atoms with van der Waals surface area (Å²) in [6, 6.07) is 4.65. The fraction of sp³-hybridized carbons (Fsp3) is 0.364. The third kappa shape index (κ3) is 2.73. The Labute approximate surface area is 110 Å². The Morgan fingerprint density at radius 3 is 2.68 bits per heavy atom. The molecule has 1 aliphatic heterocycles. The molecule has 0 aliphatic carbocycles. The van der Waals surface area contributed by atoms with Crippen LogP contribution in [0, 0.1) is 0 Å². The number of ether oxygens (including phenoxy) is 2. The largest absolute Gasteiger partial charge is 0.454 e. The molecule has 104 valence electrons. The molecule has 0 bridgehead atoms. The number of anilines is 1. The summed E-state index contributed by atoms with van der Waals surface area (Å²) < 4.78 is 35.3. The van der Waals surface area contributed by atoms with Crippen molar-refractivity contribution in [1.29, 1.82) is 0 Å². The molecule has 0 atom stereocenters. The van der Waals surface area contributed by atoms with Crippen molar-refractivity contribution in [1.82, 2.24) is 0 Å². The number of benzene rings is 1. The van der Waals surface area contributed by atoms with Gasteiger partial charge in [-0.25, -0.2) is 8.42 Å². The first-order chi connectivity index (χ1) is 8.94. The number of rotatable bonds is 5. The summed E-state index contributed by atoms with van der Waals surface area (Å²) in [5.74, 6) is 0.124. The van der Waals surface area contributed by atoms with E-state index in [4.69, 9.17) is 15.2 Å². The lowest BCUT2D eigenvalue weighted by Gasteiger charge is -2.22. The van der Waals surface area contributed by atoms with Gasteiger partial charge in [-0.3, -0.25) is 9.10 Å². The van der Waals surface area contributed by atoms with Gasteiger partial charge < -0.3 is 15.2 Å². The summed E-state index contributed by atoms with van der Waals surface area (Å²) in [4.78, 5) is 11.0. The Bertz CT molecular complexity index is 599. The smallest absolute Gasteiger partial charge is 0.238 e. The Kier molecular flexibility index (Phi) is 3.52. The van der Waals surface area contributed by atoms with E-state index < -0.39 is 22.5 Å². The van der Waals surface area contributed by atoms with Crippen LogP contribution >= 0.6 is 0 Å². The number of hydrogen-bond donors (Lipinski definition) is 1. The Morgan fingerprint density at radius 2 is 2.05 bits per heavy atom. The molecule has 7 nitrogen and oxygen atoms in total. The molecule has 0 saturated carbocycles. The van der Waals surface area contributed by atoms with E-state index in [1.807, 2.05) is 0 Å². The lowest BCUT2D eigenvalue weighted by Crippen LogP contribution is -2.39. The van der Waals surface area contributed by atoms with Gasteiger partial charge >= 0.3 is 0 Å². The van der Waals surface area contributed by atoms with Crippen LogP contribution in [0.4, 0.5) is 5.69 Å². The number of nitrogens with two attached hydrogens (primary N) is 1. The van der Waals surface area contributed by atoms with Crippen LogP contribution in [0.15, 0.2) is 18.2 Å². The van der Waals surface area contributed by atoms with Gasteiger partial charge in [0, 0.05) is 6.07 Å². The van der Waals surface area contributed by atoms with Crippen molar-refractivity contribution < 1.29 is 22.7 Å². The summed E-state index contributed by atoms with van der Waals surface area (Å²) in [6.45, 7) is 1.18. The van der Waals surface area contributed by atoms with Crippen LogP contribution in [0.5, 0.6) is 11.5 Å². The van der Waals surface area contributed by atoms with Gasteiger partial charge in [0.1, 0.15) is 6.54 Å². The van der Waals surface area contributed by atoms with Crippen LogP contribution in [0.3, 0.4) is 0 Å². The van der Waals surface area contributed by atoms with E-state index in [-0.39, 0.29) is 12.5 Å². The quantitative estimate of drug-likeness (QED) is 0.825. The highest BCUT2D eigenvalue weighted by atomic mass is 32.2. The molecule has 0 fully saturated rings. The molecule has 0 radical (unpaired) electrons. The lowest BCUT2D eigenvalue weighted by molar-refractivity contribution is -0.116. The number of primary amides is 1. The van der Waals surface area contributed by atoms with Gasteiger partial charge in [0.25, 0.3) is 0 Å². The maximum atomic E-state index is 12.0. The zero-order valence-corrected chi connectivity index (χ0v) is 11.1. The van der Waals surface area contributed by atoms with Crippen LogP contribution in [0.2, 0.25) is 0 Å². The zero-order chi connectivity index (χ0) is 14.0. The van der Waals surface area contributed by atoms with Crippen molar-refractivity contribution in [2.45, 2.75) is 6.92 Å². The average molecular weight is 286 g/mol. The fourth-order valence-corrected chi connectivity index (χ4v) is 2.76. The highest BCUT2D eigenvalue weighted by Crippen LogP contribution is 2.36. The van der Waals surface area contributed by atoms with Crippen molar-refractivity contribution in [3.05, 3.63) is 18.2 Å². The van der Waals surface area contributed by atoms with Crippen molar-refractivity contribution in [3.63, 3.8) is 0 Å².